The van der Waals surface area contributed by atoms with Crippen molar-refractivity contribution in [2.45, 2.75) is 4.90 Å². The summed E-state index contributed by atoms with van der Waals surface area (Å²) in [5, 5.41) is 16.1. The molecular weight excluding hydrogens is 272 g/mol. The first-order valence-electron chi connectivity index (χ1n) is 5.60. The fraction of sp³-hybridized carbons (Fsp3) is 0.364. The number of nitrogens with zero attached hydrogens (tertiary/aromatic N) is 1. The van der Waals surface area contributed by atoms with Crippen molar-refractivity contribution in [3.05, 3.63) is 23.8 Å². The van der Waals surface area contributed by atoms with Crippen molar-refractivity contribution in [1.29, 1.82) is 0 Å². The number of hydrogen-bond acceptors (Lipinski definition) is 6. The lowest BCUT2D eigenvalue weighted by Crippen LogP contribution is -2.38. The molecule has 104 valence electrons. The summed E-state index contributed by atoms with van der Waals surface area (Å²) in [6.45, 7) is 2.05. The minimum Gasteiger partial charge on any atom is -0.545 e. The molecule has 1 aromatic carbocycles. The van der Waals surface area contributed by atoms with E-state index in [1.165, 1.54) is 12.1 Å². The van der Waals surface area contributed by atoms with Gasteiger partial charge in [-0.25, -0.2) is 13.6 Å². The maximum atomic E-state index is 11.2. The largest absolute Gasteiger partial charge is 0.545 e. The van der Waals surface area contributed by atoms with Crippen LogP contribution >= 0.6 is 0 Å². The summed E-state index contributed by atoms with van der Waals surface area (Å²) in [5.74, 6) is -1.44. The number of anilines is 1. The zero-order chi connectivity index (χ0) is 14.0. The summed E-state index contributed by atoms with van der Waals surface area (Å²) in [4.78, 5) is 12.7. The van der Waals surface area contributed by atoms with Crippen LogP contribution in [0.2, 0.25) is 0 Å². The van der Waals surface area contributed by atoms with Crippen LogP contribution in [0.25, 0.3) is 0 Å². The van der Waals surface area contributed by atoms with Gasteiger partial charge in [-0.05, 0) is 18.2 Å². The number of primary sulfonamides is 1. The highest BCUT2D eigenvalue weighted by Crippen LogP contribution is 2.24. The van der Waals surface area contributed by atoms with Gasteiger partial charge in [0.25, 0.3) is 0 Å². The van der Waals surface area contributed by atoms with E-state index in [9.17, 15) is 18.3 Å². The molecule has 2 N–H and O–H groups in total. The van der Waals surface area contributed by atoms with Gasteiger partial charge in [-0.1, -0.05) is 0 Å². The van der Waals surface area contributed by atoms with Crippen molar-refractivity contribution in [3.63, 3.8) is 0 Å². The Morgan fingerprint density at radius 3 is 2.47 bits per heavy atom. The molecule has 1 saturated heterocycles. The molecule has 0 saturated carbocycles. The number of benzene rings is 1. The number of nitrogens with two attached hydrogens (primary N) is 1. The van der Waals surface area contributed by atoms with Gasteiger partial charge in [0.05, 0.1) is 24.1 Å². The zero-order valence-corrected chi connectivity index (χ0v) is 10.9. The standard InChI is InChI=1S/C11H14N2O5S/c12-19(16,17)8-1-2-10(9(7-8)11(14)15)13-3-5-18-6-4-13/h1-2,7H,3-6H2,(H,14,15)(H2,12,16,17)/p-1. The Balaban J connectivity index is 2.46. The number of rotatable bonds is 3. The highest BCUT2D eigenvalue weighted by molar-refractivity contribution is 7.89. The maximum absolute atomic E-state index is 11.2. The fourth-order valence-electron chi connectivity index (χ4n) is 1.94. The highest BCUT2D eigenvalue weighted by atomic mass is 32.2. The number of carboxylic acid groups (broad SMARTS) is 1. The van der Waals surface area contributed by atoms with E-state index in [0.717, 1.165) is 6.07 Å². The summed E-state index contributed by atoms with van der Waals surface area (Å²) in [6, 6.07) is 3.73. The molecule has 7 nitrogen and oxygen atoms in total. The summed E-state index contributed by atoms with van der Waals surface area (Å²) < 4.78 is 27.6. The van der Waals surface area contributed by atoms with Gasteiger partial charge in [-0.15, -0.1) is 0 Å². The summed E-state index contributed by atoms with van der Waals surface area (Å²) >= 11 is 0. The van der Waals surface area contributed by atoms with E-state index in [2.05, 4.69) is 0 Å². The lowest BCUT2D eigenvalue weighted by atomic mass is 10.1. The summed E-state index contributed by atoms with van der Waals surface area (Å²) in [6.07, 6.45) is 0. The molecule has 0 atom stereocenters. The van der Waals surface area contributed by atoms with E-state index in [-0.39, 0.29) is 10.5 Å². The SMILES string of the molecule is NS(=O)(=O)c1ccc(N2CCOCC2)c(C(=O)[O-])c1. The van der Waals surface area contributed by atoms with E-state index < -0.39 is 16.0 Å². The number of carbonyl (C=O) groups excluding carboxylic acids is 1. The van der Waals surface area contributed by atoms with Crippen LogP contribution in [-0.2, 0) is 14.8 Å². The lowest BCUT2D eigenvalue weighted by molar-refractivity contribution is -0.255. The number of carboxylic acids is 1. The second-order valence-electron chi connectivity index (χ2n) is 4.11. The topological polar surface area (TPSA) is 113 Å². The molecule has 19 heavy (non-hydrogen) atoms. The Morgan fingerprint density at radius 1 is 1.32 bits per heavy atom. The Morgan fingerprint density at radius 2 is 1.95 bits per heavy atom. The van der Waals surface area contributed by atoms with Crippen molar-refractivity contribution in [1.82, 2.24) is 0 Å². The van der Waals surface area contributed by atoms with Crippen molar-refractivity contribution in [2.75, 3.05) is 31.2 Å². The number of morpholine rings is 1. The van der Waals surface area contributed by atoms with Gasteiger partial charge >= 0.3 is 0 Å². The molecule has 0 unspecified atom stereocenters. The second kappa shape index (κ2) is 5.16. The third-order valence-electron chi connectivity index (χ3n) is 2.87. The Hall–Kier alpha value is -1.64. The van der Waals surface area contributed by atoms with Gasteiger partial charge in [0.2, 0.25) is 10.0 Å². The van der Waals surface area contributed by atoms with Crippen molar-refractivity contribution in [2.24, 2.45) is 5.14 Å². The van der Waals surface area contributed by atoms with Gasteiger partial charge in [0.15, 0.2) is 0 Å². The van der Waals surface area contributed by atoms with Gasteiger partial charge < -0.3 is 19.5 Å². The third-order valence-corrected chi connectivity index (χ3v) is 3.78. The van der Waals surface area contributed by atoms with E-state index in [0.29, 0.717) is 32.0 Å². The first-order chi connectivity index (χ1) is 8.89. The highest BCUT2D eigenvalue weighted by Gasteiger charge is 2.18. The van der Waals surface area contributed by atoms with Crippen LogP contribution in [0.15, 0.2) is 23.1 Å². The number of ether oxygens (including phenoxy) is 1. The van der Waals surface area contributed by atoms with Gasteiger partial charge in [0, 0.05) is 24.3 Å². The van der Waals surface area contributed by atoms with E-state index in [4.69, 9.17) is 9.88 Å². The molecule has 2 rings (SSSR count). The zero-order valence-electron chi connectivity index (χ0n) is 10.0. The van der Waals surface area contributed by atoms with Gasteiger partial charge in [0.1, 0.15) is 0 Å². The molecule has 0 aliphatic carbocycles. The Bertz CT molecular complexity index is 593. The number of carbonyl (C=O) groups is 1. The first kappa shape index (κ1) is 13.8. The predicted molar refractivity (Wildman–Crippen MR) is 65.2 cm³/mol. The summed E-state index contributed by atoms with van der Waals surface area (Å²) in [5.41, 5.74) is 0.226. The smallest absolute Gasteiger partial charge is 0.238 e. The molecule has 0 radical (unpaired) electrons. The second-order valence-corrected chi connectivity index (χ2v) is 5.67. The van der Waals surface area contributed by atoms with E-state index >= 15 is 0 Å². The van der Waals surface area contributed by atoms with Crippen LogP contribution in [0.4, 0.5) is 5.69 Å². The predicted octanol–water partition coefficient (Wildman–Crippen LogP) is -1.47. The average molecular weight is 285 g/mol. The molecule has 8 heteroatoms. The van der Waals surface area contributed by atoms with E-state index in [1.54, 1.807) is 0 Å². The summed E-state index contributed by atoms with van der Waals surface area (Å²) in [7, 11) is -3.94. The molecule has 0 aromatic heterocycles. The quantitative estimate of drug-likeness (QED) is 0.725. The third kappa shape index (κ3) is 3.03. The van der Waals surface area contributed by atoms with Crippen molar-refractivity contribution < 1.29 is 23.1 Å². The molecular formula is C11H13N2O5S-. The normalized spacial score (nSPS) is 16.4. The minimum atomic E-state index is -3.94. The molecule has 1 fully saturated rings. The van der Waals surface area contributed by atoms with Crippen LogP contribution < -0.4 is 15.1 Å². The van der Waals surface area contributed by atoms with Crippen LogP contribution in [0.3, 0.4) is 0 Å². The van der Waals surface area contributed by atoms with Crippen LogP contribution in [-0.4, -0.2) is 40.7 Å². The Kier molecular flexibility index (Phi) is 3.74. The molecule has 1 aliphatic heterocycles. The first-order valence-corrected chi connectivity index (χ1v) is 7.15. The van der Waals surface area contributed by atoms with Crippen LogP contribution in [0.1, 0.15) is 10.4 Å². The van der Waals surface area contributed by atoms with Crippen LogP contribution in [0, 0.1) is 0 Å². The molecule has 1 aromatic rings. The number of aromatic carboxylic acids is 1. The number of sulfonamides is 1. The lowest BCUT2D eigenvalue weighted by Gasteiger charge is -2.31. The molecule has 0 bridgehead atoms. The van der Waals surface area contributed by atoms with Gasteiger partial charge in [-0.3, -0.25) is 0 Å². The van der Waals surface area contributed by atoms with Crippen molar-refractivity contribution in [3.8, 4) is 0 Å². The molecule has 1 heterocycles. The molecule has 1 aliphatic rings. The van der Waals surface area contributed by atoms with E-state index in [1.807, 2.05) is 4.90 Å². The monoisotopic (exact) mass is 285 g/mol. The van der Waals surface area contributed by atoms with Crippen LogP contribution in [0.5, 0.6) is 0 Å². The minimum absolute atomic E-state index is 0.187. The Labute approximate surface area is 110 Å². The number of hydrogen-bond donors (Lipinski definition) is 1. The van der Waals surface area contributed by atoms with Crippen molar-refractivity contribution >= 4 is 21.7 Å². The van der Waals surface area contributed by atoms with Gasteiger partial charge in [-0.2, -0.15) is 0 Å². The molecule has 0 amide bonds. The average Bonchev–Trinajstić information content (AvgIpc) is 2.38. The molecule has 0 spiro atoms. The maximum Gasteiger partial charge on any atom is 0.238 e. The fourth-order valence-corrected chi connectivity index (χ4v) is 2.48.